The second-order valence-electron chi connectivity index (χ2n) is 10.1. The lowest BCUT2D eigenvalue weighted by Crippen LogP contribution is -2.79. The summed E-state index contributed by atoms with van der Waals surface area (Å²) in [4.78, 5) is 17.6. The second-order valence-corrected chi connectivity index (χ2v) is 10.1. The van der Waals surface area contributed by atoms with E-state index in [-0.39, 0.29) is 19.3 Å². The lowest BCUT2D eigenvalue weighted by Gasteiger charge is -2.63. The van der Waals surface area contributed by atoms with Gasteiger partial charge in [0.15, 0.2) is 0 Å². The molecule has 3 aromatic carbocycles. The maximum Gasteiger partial charge on any atom is 0.366 e. The van der Waals surface area contributed by atoms with Gasteiger partial charge in [-0.05, 0) is 40.8 Å². The van der Waals surface area contributed by atoms with Crippen molar-refractivity contribution in [3.63, 3.8) is 0 Å². The second kappa shape index (κ2) is 12.4. The van der Waals surface area contributed by atoms with E-state index in [2.05, 4.69) is 10.3 Å². The summed E-state index contributed by atoms with van der Waals surface area (Å²) < 4.78 is 10.6. The number of hydroxylamine groups is 3. The Kier molecular flexibility index (Phi) is 8.52. The molecule has 8 heteroatoms. The molecule has 4 aromatic rings. The number of rotatable bonds is 11. The minimum atomic E-state index is -0.984. The van der Waals surface area contributed by atoms with Crippen LogP contribution in [-0.4, -0.2) is 41.6 Å². The molecule has 0 saturated carbocycles. The number of nitrogens with two attached hydrogens (primary N) is 1. The van der Waals surface area contributed by atoms with Gasteiger partial charge in [0.25, 0.3) is 0 Å². The van der Waals surface area contributed by atoms with Crippen molar-refractivity contribution in [2.45, 2.75) is 31.3 Å². The van der Waals surface area contributed by atoms with Gasteiger partial charge < -0.3 is 25.1 Å². The first-order chi connectivity index (χ1) is 19.5. The third-order valence-electron chi connectivity index (χ3n) is 7.51. The van der Waals surface area contributed by atoms with Gasteiger partial charge in [0.1, 0.15) is 25.0 Å². The summed E-state index contributed by atoms with van der Waals surface area (Å²) in [5.74, 6) is -0.565. The number of esters is 1. The minimum absolute atomic E-state index is 0.0486. The van der Waals surface area contributed by atoms with Gasteiger partial charge in [-0.1, -0.05) is 91.0 Å². The number of benzene rings is 3. The largest absolute Gasteiger partial charge is 0.629 e. The fourth-order valence-electron chi connectivity index (χ4n) is 5.63. The molecule has 1 aromatic heterocycles. The highest BCUT2D eigenvalue weighted by atomic mass is 16.6. The molecule has 5 rings (SSSR count). The lowest BCUT2D eigenvalue weighted by molar-refractivity contribution is -1.000. The monoisotopic (exact) mass is 538 g/mol. The van der Waals surface area contributed by atoms with Crippen molar-refractivity contribution in [3.8, 4) is 0 Å². The Morgan fingerprint density at radius 3 is 2.12 bits per heavy atom. The molecule has 4 atom stereocenters. The van der Waals surface area contributed by atoms with Crippen LogP contribution in [0, 0.1) is 11.1 Å². The van der Waals surface area contributed by atoms with Gasteiger partial charge in [0, 0.05) is 13.3 Å². The summed E-state index contributed by atoms with van der Waals surface area (Å²) in [6.07, 6.45) is 1.28. The zero-order chi connectivity index (χ0) is 28.0. The van der Waals surface area contributed by atoms with Gasteiger partial charge >= 0.3 is 5.97 Å². The normalized spacial score (nSPS) is 22.0. The van der Waals surface area contributed by atoms with E-state index in [0.29, 0.717) is 12.2 Å². The van der Waals surface area contributed by atoms with Crippen LogP contribution < -0.4 is 11.1 Å². The van der Waals surface area contributed by atoms with Gasteiger partial charge in [-0.3, -0.25) is 5.32 Å². The summed E-state index contributed by atoms with van der Waals surface area (Å²) in [5.41, 5.74) is 9.67. The zero-order valence-corrected chi connectivity index (χ0v) is 22.4. The number of aromatic nitrogens is 1. The number of hydrogen-bond donors (Lipinski definition) is 2. The van der Waals surface area contributed by atoms with Crippen LogP contribution in [0.5, 0.6) is 0 Å². The van der Waals surface area contributed by atoms with Crippen molar-refractivity contribution in [3.05, 3.63) is 137 Å². The number of nitrogen functional groups attached to an aromatic ring is 1. The van der Waals surface area contributed by atoms with Gasteiger partial charge in [0.2, 0.25) is 12.3 Å². The van der Waals surface area contributed by atoms with Crippen LogP contribution in [0.25, 0.3) is 0 Å². The Balaban J connectivity index is 1.41. The summed E-state index contributed by atoms with van der Waals surface area (Å²) in [6, 6.07) is 31.7. The molecule has 40 heavy (non-hydrogen) atoms. The number of nitrogens with zero attached hydrogens (tertiary/aromatic N) is 2. The van der Waals surface area contributed by atoms with Crippen molar-refractivity contribution >= 4 is 11.8 Å². The third-order valence-corrected chi connectivity index (χ3v) is 7.51. The standard InChI is InChI=1S/C32H34N4O4/c1-39-31-27(19-24-17-18-34-28(33)20-24)30(32(37)40-21-23-11-5-2-6-12-23)36(31,38)22-35-29(25-13-7-3-8-14-25)26-15-9-4-10-16-26/h2-18,20,27,29-31,35H,19,21-22H2,1H3,(H2,33,34)/t27-,30+,31?,36?/m1/s1. The molecule has 206 valence electrons. The number of hydrogen-bond acceptors (Lipinski definition) is 7. The van der Waals surface area contributed by atoms with Crippen molar-refractivity contribution in [2.75, 3.05) is 19.5 Å². The van der Waals surface area contributed by atoms with Crippen LogP contribution in [0.3, 0.4) is 0 Å². The smallest absolute Gasteiger partial charge is 0.366 e. The molecule has 2 heterocycles. The van der Waals surface area contributed by atoms with E-state index in [9.17, 15) is 10.0 Å². The summed E-state index contributed by atoms with van der Waals surface area (Å²) in [6.45, 7) is 0.0415. The number of likely N-dealkylation sites (tertiary alicyclic amines) is 1. The van der Waals surface area contributed by atoms with E-state index >= 15 is 0 Å². The molecule has 0 aliphatic carbocycles. The molecule has 1 aliphatic rings. The molecule has 2 unspecified atom stereocenters. The fourth-order valence-corrected chi connectivity index (χ4v) is 5.63. The molecule has 1 saturated heterocycles. The van der Waals surface area contributed by atoms with E-state index in [4.69, 9.17) is 15.2 Å². The molecular weight excluding hydrogens is 504 g/mol. The van der Waals surface area contributed by atoms with Crippen molar-refractivity contribution in [1.29, 1.82) is 0 Å². The molecule has 1 fully saturated rings. The number of ether oxygens (including phenoxy) is 2. The predicted molar refractivity (Wildman–Crippen MR) is 153 cm³/mol. The first-order valence-corrected chi connectivity index (χ1v) is 13.3. The van der Waals surface area contributed by atoms with Gasteiger partial charge in [-0.15, -0.1) is 0 Å². The number of carbonyl (C=O) groups excluding carboxylic acids is 1. The zero-order valence-electron chi connectivity index (χ0n) is 22.4. The molecular formula is C32H34N4O4. The van der Waals surface area contributed by atoms with E-state index < -0.39 is 28.8 Å². The first kappa shape index (κ1) is 27.5. The Hall–Kier alpha value is -4.08. The highest BCUT2D eigenvalue weighted by Crippen LogP contribution is 2.43. The van der Waals surface area contributed by atoms with Crippen LogP contribution in [-0.2, 0) is 27.3 Å². The Labute approximate surface area is 234 Å². The van der Waals surface area contributed by atoms with E-state index in [1.807, 2.05) is 97.1 Å². The number of anilines is 1. The van der Waals surface area contributed by atoms with Crippen LogP contribution in [0.1, 0.15) is 28.3 Å². The predicted octanol–water partition coefficient (Wildman–Crippen LogP) is 4.57. The van der Waals surface area contributed by atoms with Crippen LogP contribution in [0.15, 0.2) is 109 Å². The van der Waals surface area contributed by atoms with Crippen molar-refractivity contribution in [1.82, 2.24) is 10.3 Å². The number of nitrogens with one attached hydrogen (secondary N) is 1. The molecule has 3 N–H and O–H groups in total. The summed E-state index contributed by atoms with van der Waals surface area (Å²) >= 11 is 0. The SMILES string of the molecule is COC1[C@H](Cc2ccnc(N)c2)[C@@H](C(=O)OCc2ccccc2)[N+]1([O-])CNC(c1ccccc1)c1ccccc1. The molecule has 0 bridgehead atoms. The molecule has 0 radical (unpaired) electrons. The van der Waals surface area contributed by atoms with Crippen LogP contribution >= 0.6 is 0 Å². The van der Waals surface area contributed by atoms with Gasteiger partial charge in [-0.2, -0.15) is 0 Å². The van der Waals surface area contributed by atoms with E-state index in [1.165, 1.54) is 7.11 Å². The minimum Gasteiger partial charge on any atom is -0.629 e. The highest BCUT2D eigenvalue weighted by molar-refractivity contribution is 5.76. The highest BCUT2D eigenvalue weighted by Gasteiger charge is 2.63. The van der Waals surface area contributed by atoms with E-state index in [1.54, 1.807) is 12.3 Å². The van der Waals surface area contributed by atoms with Crippen molar-refractivity contribution in [2.24, 2.45) is 5.92 Å². The van der Waals surface area contributed by atoms with E-state index in [0.717, 1.165) is 22.3 Å². The number of quaternary nitrogens is 1. The van der Waals surface area contributed by atoms with Crippen LogP contribution in [0.4, 0.5) is 5.82 Å². The Bertz CT molecular complexity index is 1350. The molecule has 0 spiro atoms. The quantitative estimate of drug-likeness (QED) is 0.164. The average Bonchev–Trinajstić information content (AvgIpc) is 2.98. The summed E-state index contributed by atoms with van der Waals surface area (Å²) in [5, 5.41) is 18.0. The van der Waals surface area contributed by atoms with Gasteiger partial charge in [0.05, 0.1) is 6.04 Å². The topological polar surface area (TPSA) is 110 Å². The first-order valence-electron chi connectivity index (χ1n) is 13.3. The Morgan fingerprint density at radius 2 is 1.55 bits per heavy atom. The number of pyridine rings is 1. The molecule has 0 amide bonds. The van der Waals surface area contributed by atoms with Crippen molar-refractivity contribution < 1.29 is 18.9 Å². The number of carbonyl (C=O) groups is 1. The average molecular weight is 539 g/mol. The molecule has 1 aliphatic heterocycles. The lowest BCUT2D eigenvalue weighted by atomic mass is 9.80. The fraction of sp³-hybridized carbons (Fsp3) is 0.250. The summed E-state index contributed by atoms with van der Waals surface area (Å²) in [7, 11) is 1.51. The van der Waals surface area contributed by atoms with Gasteiger partial charge in [-0.25, -0.2) is 9.78 Å². The third kappa shape index (κ3) is 5.90. The molecule has 8 nitrogen and oxygen atoms in total. The van der Waals surface area contributed by atoms with Crippen LogP contribution in [0.2, 0.25) is 0 Å². The maximum atomic E-state index is 14.6. The maximum absolute atomic E-state index is 14.6. The number of methoxy groups -OCH3 is 1. The Morgan fingerprint density at radius 1 is 0.950 bits per heavy atom.